The highest BCUT2D eigenvalue weighted by molar-refractivity contribution is 5.96. The zero-order valence-corrected chi connectivity index (χ0v) is 15.0. The lowest BCUT2D eigenvalue weighted by Gasteiger charge is -2.19. The molecule has 0 aliphatic carbocycles. The Hall–Kier alpha value is -2.64. The van der Waals surface area contributed by atoms with Crippen molar-refractivity contribution >= 4 is 5.91 Å². The minimum atomic E-state index is -0.0892. The van der Waals surface area contributed by atoms with E-state index in [9.17, 15) is 4.79 Å². The number of likely N-dealkylation sites (tertiary alicyclic amines) is 1. The van der Waals surface area contributed by atoms with Crippen molar-refractivity contribution in [2.75, 3.05) is 27.3 Å². The van der Waals surface area contributed by atoms with E-state index < -0.39 is 0 Å². The molecule has 0 spiro atoms. The number of hydrogen-bond donors (Lipinski definition) is 0. The van der Waals surface area contributed by atoms with Gasteiger partial charge in [-0.2, -0.15) is 4.98 Å². The number of methoxy groups -OCH3 is 2. The van der Waals surface area contributed by atoms with E-state index in [-0.39, 0.29) is 23.7 Å². The first-order valence-corrected chi connectivity index (χ1v) is 8.32. The van der Waals surface area contributed by atoms with Crippen molar-refractivity contribution in [1.82, 2.24) is 24.6 Å². The van der Waals surface area contributed by atoms with Crippen LogP contribution < -0.4 is 9.47 Å². The molecule has 0 unspecified atom stereocenters. The molecule has 1 fully saturated rings. The van der Waals surface area contributed by atoms with Crippen LogP contribution in [0, 0.1) is 0 Å². The Bertz CT molecular complexity index is 758. The summed E-state index contributed by atoms with van der Waals surface area (Å²) in [6.07, 6.45) is 2.62. The van der Waals surface area contributed by atoms with E-state index in [2.05, 4.69) is 33.6 Å². The molecule has 3 heterocycles. The normalized spacial score (nSPS) is 17.2. The Kier molecular flexibility index (Phi) is 4.87. The van der Waals surface area contributed by atoms with Gasteiger partial charge in [0.1, 0.15) is 17.7 Å². The number of ether oxygens (including phenoxy) is 2. The number of nitrogens with zero attached hydrogens (tertiary/aromatic N) is 5. The number of carbonyl (C=O) groups is 1. The van der Waals surface area contributed by atoms with E-state index in [1.807, 2.05) is 4.90 Å². The van der Waals surface area contributed by atoms with Gasteiger partial charge in [-0.3, -0.25) is 4.79 Å². The van der Waals surface area contributed by atoms with Gasteiger partial charge in [0, 0.05) is 25.1 Å². The Labute approximate surface area is 146 Å². The third-order valence-corrected chi connectivity index (χ3v) is 4.43. The van der Waals surface area contributed by atoms with Crippen LogP contribution in [-0.2, 0) is 0 Å². The number of carbonyl (C=O) groups excluding carboxylic acids is 1. The highest BCUT2D eigenvalue weighted by Crippen LogP contribution is 2.28. The predicted molar refractivity (Wildman–Crippen MR) is 91.0 cm³/mol. The first-order valence-electron chi connectivity index (χ1n) is 8.32. The van der Waals surface area contributed by atoms with E-state index in [1.54, 1.807) is 18.5 Å². The lowest BCUT2D eigenvalue weighted by molar-refractivity contribution is 0.0783. The molecule has 134 valence electrons. The molecule has 0 saturated carbocycles. The lowest BCUT2D eigenvalue weighted by Crippen LogP contribution is -2.29. The molecule has 1 saturated heterocycles. The fourth-order valence-electron chi connectivity index (χ4n) is 3.13. The van der Waals surface area contributed by atoms with Crippen LogP contribution in [0.2, 0.25) is 0 Å². The third kappa shape index (κ3) is 3.29. The van der Waals surface area contributed by atoms with E-state index >= 15 is 0 Å². The summed E-state index contributed by atoms with van der Waals surface area (Å²) in [5.41, 5.74) is 0.441. The van der Waals surface area contributed by atoms with Crippen LogP contribution in [0.5, 0.6) is 11.8 Å². The maximum atomic E-state index is 12.9. The minimum absolute atomic E-state index is 0.0892. The number of hydrogen-bond acceptors (Lipinski definition) is 6. The van der Waals surface area contributed by atoms with Gasteiger partial charge < -0.3 is 18.9 Å². The summed E-state index contributed by atoms with van der Waals surface area (Å²) in [7, 11) is 3.03. The fourth-order valence-corrected chi connectivity index (χ4v) is 3.13. The summed E-state index contributed by atoms with van der Waals surface area (Å²) < 4.78 is 12.4. The molecule has 25 heavy (non-hydrogen) atoms. The van der Waals surface area contributed by atoms with Crippen LogP contribution >= 0.6 is 0 Å². The van der Waals surface area contributed by atoms with Gasteiger partial charge in [0.25, 0.3) is 5.91 Å². The molecule has 0 N–H and O–H groups in total. The van der Waals surface area contributed by atoms with Gasteiger partial charge in [0.05, 0.1) is 20.3 Å². The van der Waals surface area contributed by atoms with E-state index in [4.69, 9.17) is 9.47 Å². The molecule has 8 nitrogen and oxygen atoms in total. The van der Waals surface area contributed by atoms with Gasteiger partial charge in [0.15, 0.2) is 0 Å². The summed E-state index contributed by atoms with van der Waals surface area (Å²) >= 11 is 0. The van der Waals surface area contributed by atoms with Crippen LogP contribution in [0.3, 0.4) is 0 Å². The van der Waals surface area contributed by atoms with Crippen LogP contribution in [-0.4, -0.2) is 57.9 Å². The molecule has 3 rings (SSSR count). The summed E-state index contributed by atoms with van der Waals surface area (Å²) in [5.74, 6) is 1.84. The third-order valence-electron chi connectivity index (χ3n) is 4.43. The van der Waals surface area contributed by atoms with E-state index in [0.29, 0.717) is 24.5 Å². The largest absolute Gasteiger partial charge is 0.481 e. The van der Waals surface area contributed by atoms with Crippen molar-refractivity contribution in [1.29, 1.82) is 0 Å². The molecule has 1 aliphatic heterocycles. The minimum Gasteiger partial charge on any atom is -0.481 e. The number of pyridine rings is 1. The van der Waals surface area contributed by atoms with E-state index in [0.717, 1.165) is 12.2 Å². The number of rotatable bonds is 5. The topological polar surface area (TPSA) is 82.4 Å². The average Bonchev–Trinajstić information content (AvgIpc) is 3.29. The Morgan fingerprint density at radius 1 is 1.28 bits per heavy atom. The van der Waals surface area contributed by atoms with Gasteiger partial charge in [0.2, 0.25) is 11.8 Å². The monoisotopic (exact) mass is 345 g/mol. The lowest BCUT2D eigenvalue weighted by atomic mass is 10.2. The maximum absolute atomic E-state index is 12.9. The zero-order valence-electron chi connectivity index (χ0n) is 15.0. The molecule has 2 aromatic heterocycles. The first kappa shape index (κ1) is 17.2. The highest BCUT2D eigenvalue weighted by atomic mass is 16.5. The number of amides is 1. The van der Waals surface area contributed by atoms with Crippen LogP contribution in [0.15, 0.2) is 18.5 Å². The molecule has 2 aromatic rings. The molecule has 1 amide bonds. The van der Waals surface area contributed by atoms with Crippen LogP contribution in [0.4, 0.5) is 0 Å². The smallest absolute Gasteiger partial charge is 0.259 e. The molecule has 0 radical (unpaired) electrons. The van der Waals surface area contributed by atoms with Gasteiger partial charge in [-0.15, -0.1) is 10.2 Å². The second kappa shape index (κ2) is 7.08. The summed E-state index contributed by atoms with van der Waals surface area (Å²) in [6.45, 7) is 5.47. The standard InChI is InChI=1S/C17H23N5O3/c1-11(2)15-20-18-10-22(15)12-7-8-21(9-12)17(23)13-5-6-14(24-3)19-16(13)25-4/h5-6,10-12H,7-9H2,1-4H3/t12-/m1/s1. The van der Waals surface area contributed by atoms with Gasteiger partial charge >= 0.3 is 0 Å². The molecule has 1 aliphatic rings. The molecule has 0 bridgehead atoms. The summed E-state index contributed by atoms with van der Waals surface area (Å²) in [4.78, 5) is 18.9. The first-order chi connectivity index (χ1) is 12.0. The fraction of sp³-hybridized carbons (Fsp3) is 0.529. The van der Waals surface area contributed by atoms with Crippen LogP contribution in [0.25, 0.3) is 0 Å². The Morgan fingerprint density at radius 3 is 2.76 bits per heavy atom. The van der Waals surface area contributed by atoms with Crippen molar-refractivity contribution in [3.8, 4) is 11.8 Å². The predicted octanol–water partition coefficient (Wildman–Crippen LogP) is 1.90. The Morgan fingerprint density at radius 2 is 2.08 bits per heavy atom. The summed E-state index contributed by atoms with van der Waals surface area (Å²) in [5, 5.41) is 8.23. The molecule has 0 aromatic carbocycles. The van der Waals surface area contributed by atoms with Crippen molar-refractivity contribution in [3.63, 3.8) is 0 Å². The second-order valence-electron chi connectivity index (χ2n) is 6.36. The average molecular weight is 345 g/mol. The van der Waals surface area contributed by atoms with Gasteiger partial charge in [-0.05, 0) is 12.5 Å². The number of aromatic nitrogens is 4. The maximum Gasteiger partial charge on any atom is 0.259 e. The van der Waals surface area contributed by atoms with E-state index in [1.165, 1.54) is 14.2 Å². The van der Waals surface area contributed by atoms with Crippen molar-refractivity contribution in [2.45, 2.75) is 32.2 Å². The summed E-state index contributed by atoms with van der Waals surface area (Å²) in [6, 6.07) is 3.55. The van der Waals surface area contributed by atoms with Crippen molar-refractivity contribution in [3.05, 3.63) is 29.8 Å². The van der Waals surface area contributed by atoms with Gasteiger partial charge in [-0.1, -0.05) is 13.8 Å². The molecular weight excluding hydrogens is 322 g/mol. The zero-order chi connectivity index (χ0) is 18.0. The molecular formula is C17H23N5O3. The molecule has 8 heteroatoms. The van der Waals surface area contributed by atoms with Gasteiger partial charge in [-0.25, -0.2) is 0 Å². The van der Waals surface area contributed by atoms with Crippen LogP contribution in [0.1, 0.15) is 48.4 Å². The SMILES string of the molecule is COc1ccc(C(=O)N2CC[C@@H](n3cnnc3C(C)C)C2)c(OC)n1. The quantitative estimate of drug-likeness (QED) is 0.823. The Balaban J connectivity index is 1.78. The van der Waals surface area contributed by atoms with Crippen molar-refractivity contribution < 1.29 is 14.3 Å². The molecule has 1 atom stereocenters. The van der Waals surface area contributed by atoms with Crippen molar-refractivity contribution in [2.24, 2.45) is 0 Å². The highest BCUT2D eigenvalue weighted by Gasteiger charge is 2.31. The second-order valence-corrected chi connectivity index (χ2v) is 6.36.